The number of rotatable bonds is 8. The zero-order chi connectivity index (χ0) is 30.1. The average Bonchev–Trinajstić information content (AvgIpc) is 3.35. The number of aromatic nitrogens is 3. The molecule has 0 radical (unpaired) electrons. The lowest BCUT2D eigenvalue weighted by molar-refractivity contribution is -0.155. The van der Waals surface area contributed by atoms with Gasteiger partial charge in [-0.2, -0.15) is 18.3 Å². The Hall–Kier alpha value is -3.58. The topological polar surface area (TPSA) is 105 Å². The third kappa shape index (κ3) is 6.51. The fourth-order valence-corrected chi connectivity index (χ4v) is 5.28. The summed E-state index contributed by atoms with van der Waals surface area (Å²) in [5.41, 5.74) is -4.76. The minimum atomic E-state index is -5.10. The van der Waals surface area contributed by atoms with E-state index in [9.17, 15) is 36.3 Å². The van der Waals surface area contributed by atoms with Crippen LogP contribution in [-0.4, -0.2) is 54.6 Å². The number of carbonyl (C=O) groups excluding carboxylic acids is 2. The zero-order valence-electron chi connectivity index (χ0n) is 21.0. The number of Topliss-reactive ketones (excluding diaryl/α,β-unsaturated/α-hetero) is 1. The Morgan fingerprint density at radius 2 is 1.63 bits per heavy atom. The van der Waals surface area contributed by atoms with Gasteiger partial charge in [-0.05, 0) is 43.4 Å². The van der Waals surface area contributed by atoms with Crippen LogP contribution in [0.4, 0.5) is 22.0 Å². The normalized spacial score (nSPS) is 19.1. The van der Waals surface area contributed by atoms with E-state index in [0.29, 0.717) is 16.4 Å². The van der Waals surface area contributed by atoms with Crippen LogP contribution in [-0.2, 0) is 17.5 Å². The summed E-state index contributed by atoms with van der Waals surface area (Å²) in [5, 5.41) is 12.6. The number of aliphatic carboxylic acids is 1. The van der Waals surface area contributed by atoms with Crippen molar-refractivity contribution in [2.75, 3.05) is 6.54 Å². The summed E-state index contributed by atoms with van der Waals surface area (Å²) in [4.78, 5) is 42.6. The third-order valence-electron chi connectivity index (χ3n) is 6.81. The molecular weight excluding hydrogens is 598 g/mol. The number of halogens is 7. The molecule has 0 spiro atoms. The van der Waals surface area contributed by atoms with Gasteiger partial charge in [-0.25, -0.2) is 13.6 Å². The fourth-order valence-electron chi connectivity index (χ4n) is 4.71. The van der Waals surface area contributed by atoms with Gasteiger partial charge in [0.1, 0.15) is 5.82 Å². The van der Waals surface area contributed by atoms with E-state index >= 15 is 0 Å². The van der Waals surface area contributed by atoms with Crippen LogP contribution in [0.15, 0.2) is 42.9 Å². The lowest BCUT2D eigenvalue weighted by Crippen LogP contribution is -2.39. The van der Waals surface area contributed by atoms with E-state index in [1.165, 1.54) is 12.1 Å². The van der Waals surface area contributed by atoms with E-state index in [4.69, 9.17) is 28.3 Å². The van der Waals surface area contributed by atoms with Gasteiger partial charge in [0.2, 0.25) is 5.67 Å². The molecule has 2 aromatic heterocycles. The summed E-state index contributed by atoms with van der Waals surface area (Å²) < 4.78 is 71.6. The number of nitrogens with zero attached hydrogens (tertiary/aromatic N) is 4. The maximum Gasteiger partial charge on any atom is 0.433 e. The molecule has 218 valence electrons. The predicted octanol–water partition coefficient (Wildman–Crippen LogP) is 6.18. The number of carboxylic acids is 1. The van der Waals surface area contributed by atoms with Crippen molar-refractivity contribution in [1.29, 1.82) is 0 Å². The second-order valence-corrected chi connectivity index (χ2v) is 10.4. The van der Waals surface area contributed by atoms with Gasteiger partial charge < -0.3 is 10.0 Å². The Bertz CT molecular complexity index is 1450. The van der Waals surface area contributed by atoms with Crippen LogP contribution in [0.3, 0.4) is 0 Å². The van der Waals surface area contributed by atoms with E-state index in [1.54, 1.807) is 0 Å². The van der Waals surface area contributed by atoms with Crippen LogP contribution >= 0.6 is 23.2 Å². The van der Waals surface area contributed by atoms with Gasteiger partial charge >= 0.3 is 12.1 Å². The molecule has 1 aliphatic carbocycles. The van der Waals surface area contributed by atoms with Crippen molar-refractivity contribution in [2.45, 2.75) is 50.1 Å². The number of amides is 1. The van der Waals surface area contributed by atoms with Crippen molar-refractivity contribution < 1.29 is 41.4 Å². The van der Waals surface area contributed by atoms with Gasteiger partial charge in [0.25, 0.3) is 5.91 Å². The quantitative estimate of drug-likeness (QED) is 0.239. The van der Waals surface area contributed by atoms with E-state index in [1.807, 2.05) is 0 Å². The molecule has 41 heavy (non-hydrogen) atoms. The van der Waals surface area contributed by atoms with Crippen molar-refractivity contribution in [1.82, 2.24) is 19.7 Å². The molecule has 1 aromatic carbocycles. The minimum Gasteiger partial charge on any atom is -0.479 e. The molecule has 1 fully saturated rings. The fraction of sp³-hybridized carbons (Fsp3) is 0.346. The number of alkyl halides is 4. The first-order chi connectivity index (χ1) is 19.2. The van der Waals surface area contributed by atoms with Crippen LogP contribution in [0.25, 0.3) is 0 Å². The first-order valence-corrected chi connectivity index (χ1v) is 12.9. The Morgan fingerprint density at radius 1 is 1.05 bits per heavy atom. The highest BCUT2D eigenvalue weighted by Crippen LogP contribution is 2.41. The van der Waals surface area contributed by atoms with Crippen LogP contribution in [0, 0.1) is 5.82 Å². The molecule has 1 N–H and O–H groups in total. The lowest BCUT2D eigenvalue weighted by Gasteiger charge is -2.32. The van der Waals surface area contributed by atoms with Gasteiger partial charge in [-0.3, -0.25) is 19.3 Å². The Labute approximate surface area is 239 Å². The van der Waals surface area contributed by atoms with E-state index < -0.39 is 72.0 Å². The molecule has 1 aliphatic rings. The predicted molar refractivity (Wildman–Crippen MR) is 136 cm³/mol. The molecule has 3 aromatic rings. The van der Waals surface area contributed by atoms with Gasteiger partial charge in [0.15, 0.2) is 11.5 Å². The van der Waals surface area contributed by atoms with Crippen molar-refractivity contribution in [3.8, 4) is 0 Å². The molecule has 0 bridgehead atoms. The van der Waals surface area contributed by atoms with Gasteiger partial charge in [-0.15, -0.1) is 0 Å². The monoisotopic (exact) mass is 618 g/mol. The van der Waals surface area contributed by atoms with Crippen LogP contribution in [0.1, 0.15) is 63.7 Å². The third-order valence-corrected chi connectivity index (χ3v) is 7.38. The van der Waals surface area contributed by atoms with E-state index in [2.05, 4.69) is 10.1 Å². The molecule has 1 saturated carbocycles. The summed E-state index contributed by atoms with van der Waals surface area (Å²) in [5.74, 6) is -4.30. The van der Waals surface area contributed by atoms with Crippen molar-refractivity contribution in [2.24, 2.45) is 0 Å². The molecule has 0 aliphatic heterocycles. The molecule has 4 rings (SSSR count). The summed E-state index contributed by atoms with van der Waals surface area (Å²) in [7, 11) is 0. The standard InChI is InChI=1S/C26H21Cl2F5N4O4/c27-18-10-34-11-19(28)21(18)20(38)13-36(12-14-1-3-15(29)4-2-14)23(39)17-9-35-37(22(17)26(31,32)33)16-5-7-25(30,8-6-16)24(40)41/h1-4,9-11,16H,5-8,12-13H2,(H,40,41). The number of ketones is 1. The molecular formula is C26H21Cl2F5N4O4. The van der Waals surface area contributed by atoms with Gasteiger partial charge in [0.05, 0.1) is 40.0 Å². The number of pyridine rings is 1. The van der Waals surface area contributed by atoms with E-state index in [0.717, 1.165) is 29.4 Å². The second kappa shape index (κ2) is 11.7. The van der Waals surface area contributed by atoms with E-state index in [-0.39, 0.29) is 35.0 Å². The molecule has 8 nitrogen and oxygen atoms in total. The van der Waals surface area contributed by atoms with Crippen LogP contribution in [0.2, 0.25) is 10.0 Å². The van der Waals surface area contributed by atoms with Crippen molar-refractivity contribution >= 4 is 40.9 Å². The number of carboxylic acid groups (broad SMARTS) is 1. The minimum absolute atomic E-state index is 0.136. The molecule has 2 heterocycles. The first-order valence-electron chi connectivity index (χ1n) is 12.1. The molecule has 15 heteroatoms. The molecule has 1 amide bonds. The second-order valence-electron chi connectivity index (χ2n) is 9.54. The smallest absolute Gasteiger partial charge is 0.433 e. The van der Waals surface area contributed by atoms with Crippen LogP contribution in [0.5, 0.6) is 0 Å². The SMILES string of the molecule is O=C(CN(Cc1ccc(F)cc1)C(=O)c1cnn(C2CCC(F)(C(=O)O)CC2)c1C(F)(F)F)c1c(Cl)cncc1Cl. The highest BCUT2D eigenvalue weighted by Gasteiger charge is 2.47. The van der Waals surface area contributed by atoms with Crippen molar-refractivity contribution in [3.63, 3.8) is 0 Å². The lowest BCUT2D eigenvalue weighted by atomic mass is 9.83. The Kier molecular flexibility index (Phi) is 8.69. The van der Waals surface area contributed by atoms with Gasteiger partial charge in [0, 0.05) is 18.9 Å². The number of carbonyl (C=O) groups is 3. The molecule has 0 atom stereocenters. The number of benzene rings is 1. The summed E-state index contributed by atoms with van der Waals surface area (Å²) in [6, 6.07) is 3.74. The maximum atomic E-state index is 14.5. The summed E-state index contributed by atoms with van der Waals surface area (Å²) in [6.07, 6.45) is -3.72. The Balaban J connectivity index is 1.71. The number of hydrogen-bond acceptors (Lipinski definition) is 5. The number of hydrogen-bond donors (Lipinski definition) is 1. The van der Waals surface area contributed by atoms with Crippen LogP contribution < -0.4 is 0 Å². The molecule has 0 unspecified atom stereocenters. The first kappa shape index (κ1) is 30.4. The summed E-state index contributed by atoms with van der Waals surface area (Å²) >= 11 is 12.1. The largest absolute Gasteiger partial charge is 0.479 e. The molecule has 0 saturated heterocycles. The summed E-state index contributed by atoms with van der Waals surface area (Å²) in [6.45, 7) is -1.14. The van der Waals surface area contributed by atoms with Crippen molar-refractivity contribution in [3.05, 3.63) is 81.1 Å². The van der Waals surface area contributed by atoms with Gasteiger partial charge in [-0.1, -0.05) is 35.3 Å². The average molecular weight is 619 g/mol. The highest BCUT2D eigenvalue weighted by molar-refractivity contribution is 6.39. The highest BCUT2D eigenvalue weighted by atomic mass is 35.5. The maximum absolute atomic E-state index is 14.5. The zero-order valence-corrected chi connectivity index (χ0v) is 22.5. The Morgan fingerprint density at radius 3 is 2.17 bits per heavy atom.